The van der Waals surface area contributed by atoms with Crippen LogP contribution in [0.15, 0.2) is 47.5 Å². The van der Waals surface area contributed by atoms with E-state index in [9.17, 15) is 9.59 Å². The minimum absolute atomic E-state index is 0.165. The molecule has 3 N–H and O–H groups in total. The van der Waals surface area contributed by atoms with Gasteiger partial charge in [-0.3, -0.25) is 9.59 Å². The van der Waals surface area contributed by atoms with Crippen LogP contribution < -0.4 is 21.1 Å². The molecule has 0 saturated carbocycles. The summed E-state index contributed by atoms with van der Waals surface area (Å²) in [6.45, 7) is 14.1. The first kappa shape index (κ1) is 26.7. The van der Waals surface area contributed by atoms with Gasteiger partial charge in [0.2, 0.25) is 0 Å². The van der Waals surface area contributed by atoms with Crippen molar-refractivity contribution < 1.29 is 4.79 Å². The van der Waals surface area contributed by atoms with Gasteiger partial charge in [0.25, 0.3) is 11.5 Å². The molecule has 4 aromatic rings. The first-order chi connectivity index (χ1) is 18.8. The van der Waals surface area contributed by atoms with Crippen molar-refractivity contribution in [3.63, 3.8) is 0 Å². The van der Waals surface area contributed by atoms with E-state index in [-0.39, 0.29) is 24.1 Å². The number of nitrogens with one attached hydrogen (secondary N) is 3. The molecule has 8 nitrogen and oxygen atoms in total. The molecule has 1 saturated heterocycles. The SMILES string of the molecule is CC[C@H](C)n1cc(C)c2c(C(=O)NCc3c(C)cc(C)[nH]c3=O)cc(-c3ccc(N4CCNCC4)nc3)cc21. The average molecular weight is 527 g/mol. The lowest BCUT2D eigenvalue weighted by molar-refractivity contribution is 0.0952. The summed E-state index contributed by atoms with van der Waals surface area (Å²) in [5.74, 6) is 0.772. The van der Waals surface area contributed by atoms with Crippen molar-refractivity contribution in [2.24, 2.45) is 0 Å². The van der Waals surface area contributed by atoms with Gasteiger partial charge >= 0.3 is 0 Å². The predicted molar refractivity (Wildman–Crippen MR) is 158 cm³/mol. The van der Waals surface area contributed by atoms with Gasteiger partial charge in [-0.15, -0.1) is 0 Å². The topological polar surface area (TPSA) is 95.0 Å². The fourth-order valence-electron chi connectivity index (χ4n) is 5.50. The number of carbonyl (C=O) groups excluding carboxylic acids is 1. The van der Waals surface area contributed by atoms with Gasteiger partial charge in [0.1, 0.15) is 5.82 Å². The summed E-state index contributed by atoms with van der Waals surface area (Å²) in [7, 11) is 0. The fraction of sp³-hybridized carbons (Fsp3) is 0.387. The Kier molecular flexibility index (Phi) is 7.57. The van der Waals surface area contributed by atoms with Crippen LogP contribution in [0.4, 0.5) is 5.82 Å². The number of rotatable bonds is 7. The highest BCUT2D eigenvalue weighted by molar-refractivity contribution is 6.09. The lowest BCUT2D eigenvalue weighted by atomic mass is 9.98. The monoisotopic (exact) mass is 526 g/mol. The zero-order valence-corrected chi connectivity index (χ0v) is 23.5. The Morgan fingerprint density at radius 1 is 1.08 bits per heavy atom. The molecule has 3 aromatic heterocycles. The first-order valence-corrected chi connectivity index (χ1v) is 13.8. The van der Waals surface area contributed by atoms with E-state index in [2.05, 4.69) is 70.3 Å². The van der Waals surface area contributed by atoms with E-state index in [1.165, 1.54) is 0 Å². The van der Waals surface area contributed by atoms with Gasteiger partial charge in [0, 0.05) is 84.4 Å². The standard InChI is InChI=1S/C31H38N6O2/c1-6-22(5)37-18-20(3)29-25(30(38)34-17-26-19(2)13-21(4)35-31(26)39)14-24(15-27(29)37)23-7-8-28(33-16-23)36-11-9-32-10-12-36/h7-8,13-16,18,22,32H,6,9-12,17H2,1-5H3,(H,34,38)(H,35,39)/t22-/m0/s1. The molecule has 1 aliphatic rings. The lowest BCUT2D eigenvalue weighted by Gasteiger charge is -2.28. The van der Waals surface area contributed by atoms with E-state index >= 15 is 0 Å². The number of carbonyl (C=O) groups is 1. The fourth-order valence-corrected chi connectivity index (χ4v) is 5.50. The normalized spacial score (nSPS) is 14.5. The summed E-state index contributed by atoms with van der Waals surface area (Å²) in [5.41, 5.74) is 6.67. The molecule has 0 unspecified atom stereocenters. The summed E-state index contributed by atoms with van der Waals surface area (Å²) in [6.07, 6.45) is 5.02. The third-order valence-electron chi connectivity index (χ3n) is 7.87. The Labute approximate surface area is 229 Å². The van der Waals surface area contributed by atoms with E-state index in [0.717, 1.165) is 77.3 Å². The summed E-state index contributed by atoms with van der Waals surface area (Å²) >= 11 is 0. The van der Waals surface area contributed by atoms with Crippen molar-refractivity contribution in [3.05, 3.63) is 81.0 Å². The highest BCUT2D eigenvalue weighted by Crippen LogP contribution is 2.34. The van der Waals surface area contributed by atoms with Gasteiger partial charge in [0.05, 0.1) is 0 Å². The number of benzene rings is 1. The quantitative estimate of drug-likeness (QED) is 0.327. The van der Waals surface area contributed by atoms with Crippen LogP contribution in [-0.2, 0) is 6.54 Å². The zero-order valence-electron chi connectivity index (χ0n) is 23.5. The molecular weight excluding hydrogens is 488 g/mol. The number of hydrogen-bond donors (Lipinski definition) is 3. The molecule has 0 spiro atoms. The number of hydrogen-bond acceptors (Lipinski definition) is 5. The largest absolute Gasteiger partial charge is 0.354 e. The Morgan fingerprint density at radius 2 is 1.85 bits per heavy atom. The Bertz CT molecular complexity index is 1560. The molecule has 0 aliphatic carbocycles. The number of pyridine rings is 2. The van der Waals surface area contributed by atoms with Crippen molar-refractivity contribution in [2.75, 3.05) is 31.1 Å². The second-order valence-electron chi connectivity index (χ2n) is 10.7. The van der Waals surface area contributed by atoms with Gasteiger partial charge in [-0.2, -0.15) is 0 Å². The van der Waals surface area contributed by atoms with E-state index < -0.39 is 0 Å². The number of piperazine rings is 1. The second kappa shape index (κ2) is 11.1. The molecule has 0 bridgehead atoms. The van der Waals surface area contributed by atoms with Gasteiger partial charge in [-0.25, -0.2) is 4.98 Å². The number of amides is 1. The van der Waals surface area contributed by atoms with Gasteiger partial charge in [-0.1, -0.05) is 6.92 Å². The second-order valence-corrected chi connectivity index (χ2v) is 10.7. The summed E-state index contributed by atoms with van der Waals surface area (Å²) < 4.78 is 2.27. The Morgan fingerprint density at radius 3 is 2.51 bits per heavy atom. The maximum Gasteiger partial charge on any atom is 0.253 e. The summed E-state index contributed by atoms with van der Waals surface area (Å²) in [6, 6.07) is 10.5. The molecule has 1 amide bonds. The van der Waals surface area contributed by atoms with E-state index in [1.807, 2.05) is 32.2 Å². The minimum atomic E-state index is -0.198. The van der Waals surface area contributed by atoms with Crippen molar-refractivity contribution in [3.8, 4) is 11.1 Å². The molecule has 5 rings (SSSR count). The molecule has 0 radical (unpaired) electrons. The lowest BCUT2D eigenvalue weighted by Crippen LogP contribution is -2.43. The molecule has 1 aromatic carbocycles. The smallest absolute Gasteiger partial charge is 0.253 e. The minimum Gasteiger partial charge on any atom is -0.354 e. The van der Waals surface area contributed by atoms with Gasteiger partial charge in [-0.05, 0) is 81.1 Å². The Hall–Kier alpha value is -3.91. The number of nitrogens with zero attached hydrogens (tertiary/aromatic N) is 3. The van der Waals surface area contributed by atoms with Crippen LogP contribution in [-0.4, -0.2) is 46.6 Å². The summed E-state index contributed by atoms with van der Waals surface area (Å²) in [4.78, 5) is 36.1. The van der Waals surface area contributed by atoms with E-state index in [4.69, 9.17) is 4.98 Å². The first-order valence-electron chi connectivity index (χ1n) is 13.8. The van der Waals surface area contributed by atoms with Crippen LogP contribution in [0.3, 0.4) is 0 Å². The van der Waals surface area contributed by atoms with Crippen molar-refractivity contribution >= 4 is 22.6 Å². The van der Waals surface area contributed by atoms with Crippen molar-refractivity contribution in [1.82, 2.24) is 25.2 Å². The maximum absolute atomic E-state index is 13.7. The van der Waals surface area contributed by atoms with Gasteiger partial charge in [0.15, 0.2) is 0 Å². The number of fused-ring (bicyclic) bond motifs is 1. The molecule has 204 valence electrons. The maximum atomic E-state index is 13.7. The molecule has 8 heteroatoms. The number of aromatic nitrogens is 3. The molecule has 4 heterocycles. The molecular formula is C31H38N6O2. The van der Waals surface area contributed by atoms with Crippen LogP contribution in [0.5, 0.6) is 0 Å². The van der Waals surface area contributed by atoms with Crippen LogP contribution in [0.25, 0.3) is 22.0 Å². The van der Waals surface area contributed by atoms with Crippen LogP contribution in [0, 0.1) is 20.8 Å². The molecule has 1 atom stereocenters. The van der Waals surface area contributed by atoms with Crippen LogP contribution in [0.2, 0.25) is 0 Å². The van der Waals surface area contributed by atoms with Crippen LogP contribution >= 0.6 is 0 Å². The number of H-pyrrole nitrogens is 1. The third-order valence-corrected chi connectivity index (χ3v) is 7.87. The number of aryl methyl sites for hydroxylation is 3. The molecule has 39 heavy (non-hydrogen) atoms. The van der Waals surface area contributed by atoms with E-state index in [0.29, 0.717) is 11.1 Å². The van der Waals surface area contributed by atoms with Crippen molar-refractivity contribution in [1.29, 1.82) is 0 Å². The zero-order chi connectivity index (χ0) is 27.7. The average Bonchev–Trinajstić information content (AvgIpc) is 3.28. The third kappa shape index (κ3) is 5.34. The number of anilines is 1. The summed E-state index contributed by atoms with van der Waals surface area (Å²) in [5, 5.41) is 7.34. The predicted octanol–water partition coefficient (Wildman–Crippen LogP) is 4.63. The van der Waals surface area contributed by atoms with Crippen molar-refractivity contribution in [2.45, 2.75) is 53.6 Å². The highest BCUT2D eigenvalue weighted by atomic mass is 16.1. The molecule has 1 aliphatic heterocycles. The molecule has 1 fully saturated rings. The Balaban J connectivity index is 1.54. The van der Waals surface area contributed by atoms with Crippen LogP contribution in [0.1, 0.15) is 59.1 Å². The van der Waals surface area contributed by atoms with Gasteiger partial charge < -0.3 is 25.1 Å². The highest BCUT2D eigenvalue weighted by Gasteiger charge is 2.20. The van der Waals surface area contributed by atoms with E-state index in [1.54, 1.807) is 0 Å². The number of aromatic amines is 1.